The molecule has 0 spiro atoms. The van der Waals surface area contributed by atoms with E-state index in [0.717, 1.165) is 36.6 Å². The number of pyridine rings is 1. The van der Waals surface area contributed by atoms with E-state index < -0.39 is 0 Å². The minimum absolute atomic E-state index is 0.157. The quantitative estimate of drug-likeness (QED) is 0.439. The van der Waals surface area contributed by atoms with Crippen LogP contribution in [0.2, 0.25) is 0 Å². The molecule has 1 aromatic carbocycles. The van der Waals surface area contributed by atoms with Crippen LogP contribution in [0.3, 0.4) is 0 Å². The van der Waals surface area contributed by atoms with Crippen molar-refractivity contribution in [3.63, 3.8) is 0 Å². The van der Waals surface area contributed by atoms with Gasteiger partial charge in [0.25, 0.3) is 0 Å². The number of carbonyl (C=O) groups excluding carboxylic acids is 1. The van der Waals surface area contributed by atoms with Gasteiger partial charge < -0.3 is 20.3 Å². The molecule has 0 aliphatic rings. The van der Waals surface area contributed by atoms with Gasteiger partial charge in [-0.25, -0.2) is 4.99 Å². The monoisotopic (exact) mass is 411 g/mol. The molecule has 0 aliphatic heterocycles. The molecule has 0 unspecified atom stereocenters. The third kappa shape index (κ3) is 8.11. The lowest BCUT2D eigenvalue weighted by molar-refractivity contribution is -0.130. The van der Waals surface area contributed by atoms with Crippen LogP contribution in [0.1, 0.15) is 38.4 Å². The minimum atomic E-state index is 0.157. The molecule has 0 aliphatic carbocycles. The van der Waals surface area contributed by atoms with Crippen LogP contribution in [0.15, 0.2) is 53.7 Å². The average Bonchev–Trinajstić information content (AvgIpc) is 2.78. The molecular weight excluding hydrogens is 378 g/mol. The van der Waals surface area contributed by atoms with Crippen molar-refractivity contribution in [2.24, 2.45) is 4.99 Å². The second-order valence-electron chi connectivity index (χ2n) is 6.69. The van der Waals surface area contributed by atoms with Gasteiger partial charge >= 0.3 is 0 Å². The van der Waals surface area contributed by atoms with E-state index in [-0.39, 0.29) is 5.91 Å². The minimum Gasteiger partial charge on any atom is -0.487 e. The number of aliphatic imine (C=N–C) groups is 1. The predicted octanol–water partition coefficient (Wildman–Crippen LogP) is 2.97. The van der Waals surface area contributed by atoms with E-state index in [1.54, 1.807) is 6.20 Å². The van der Waals surface area contributed by atoms with Crippen molar-refractivity contribution in [1.29, 1.82) is 0 Å². The third-order valence-corrected chi connectivity index (χ3v) is 4.55. The van der Waals surface area contributed by atoms with Crippen molar-refractivity contribution in [3.05, 3.63) is 59.9 Å². The first-order chi connectivity index (χ1) is 14.7. The number of nitrogens with zero attached hydrogens (tertiary/aromatic N) is 3. The number of amides is 1. The SMILES string of the molecule is CCNC(=NCc1ccc(OCc2ccccn2)cc1)NCCC(=O)N(CC)CC. The first-order valence-electron chi connectivity index (χ1n) is 10.6. The number of ether oxygens (including phenoxy) is 1. The summed E-state index contributed by atoms with van der Waals surface area (Å²) >= 11 is 0. The zero-order valence-corrected chi connectivity index (χ0v) is 18.2. The Kier molecular flexibility index (Phi) is 10.2. The highest BCUT2D eigenvalue weighted by atomic mass is 16.5. The van der Waals surface area contributed by atoms with Gasteiger partial charge in [0.2, 0.25) is 5.91 Å². The second-order valence-corrected chi connectivity index (χ2v) is 6.69. The smallest absolute Gasteiger partial charge is 0.224 e. The maximum Gasteiger partial charge on any atom is 0.224 e. The Morgan fingerprint density at radius 1 is 1.07 bits per heavy atom. The zero-order chi connectivity index (χ0) is 21.6. The first kappa shape index (κ1) is 23.2. The van der Waals surface area contributed by atoms with Gasteiger partial charge in [-0.2, -0.15) is 0 Å². The van der Waals surface area contributed by atoms with Gasteiger partial charge in [-0.3, -0.25) is 9.78 Å². The van der Waals surface area contributed by atoms with Crippen LogP contribution in [0.5, 0.6) is 5.75 Å². The Labute approximate surface area is 179 Å². The number of carbonyl (C=O) groups is 1. The third-order valence-electron chi connectivity index (χ3n) is 4.55. The molecule has 1 heterocycles. The van der Waals surface area contributed by atoms with E-state index in [0.29, 0.717) is 32.1 Å². The van der Waals surface area contributed by atoms with E-state index in [2.05, 4.69) is 20.6 Å². The molecule has 0 radical (unpaired) electrons. The fourth-order valence-electron chi connectivity index (χ4n) is 2.87. The zero-order valence-electron chi connectivity index (χ0n) is 18.2. The Hall–Kier alpha value is -3.09. The van der Waals surface area contributed by atoms with Crippen molar-refractivity contribution >= 4 is 11.9 Å². The highest BCUT2D eigenvalue weighted by molar-refractivity contribution is 5.81. The molecule has 7 heteroatoms. The van der Waals surface area contributed by atoms with Crippen LogP contribution in [-0.2, 0) is 17.9 Å². The topological polar surface area (TPSA) is 78.9 Å². The molecule has 0 fully saturated rings. The summed E-state index contributed by atoms with van der Waals surface area (Å²) in [6.45, 7) is 9.79. The van der Waals surface area contributed by atoms with Crippen molar-refractivity contribution in [3.8, 4) is 5.75 Å². The molecule has 30 heavy (non-hydrogen) atoms. The maximum absolute atomic E-state index is 12.1. The second kappa shape index (κ2) is 13.2. The lowest BCUT2D eigenvalue weighted by atomic mass is 10.2. The number of benzene rings is 1. The summed E-state index contributed by atoms with van der Waals surface area (Å²) in [6.07, 6.45) is 2.21. The Bertz CT molecular complexity index is 774. The van der Waals surface area contributed by atoms with Gasteiger partial charge in [0.1, 0.15) is 12.4 Å². The van der Waals surface area contributed by atoms with Crippen LogP contribution in [-0.4, -0.2) is 47.9 Å². The van der Waals surface area contributed by atoms with Crippen molar-refractivity contribution < 1.29 is 9.53 Å². The molecule has 2 N–H and O–H groups in total. The van der Waals surface area contributed by atoms with Crippen molar-refractivity contribution in [1.82, 2.24) is 20.5 Å². The fraction of sp³-hybridized carbons (Fsp3) is 0.435. The maximum atomic E-state index is 12.1. The molecule has 0 bridgehead atoms. The summed E-state index contributed by atoms with van der Waals surface area (Å²) in [5.74, 6) is 1.67. The van der Waals surface area contributed by atoms with E-state index in [9.17, 15) is 4.79 Å². The van der Waals surface area contributed by atoms with Gasteiger partial charge in [-0.15, -0.1) is 0 Å². The van der Waals surface area contributed by atoms with Gasteiger partial charge in [0.15, 0.2) is 5.96 Å². The van der Waals surface area contributed by atoms with E-state index in [1.807, 2.05) is 68.1 Å². The molecule has 162 valence electrons. The number of hydrogen-bond donors (Lipinski definition) is 2. The van der Waals surface area contributed by atoms with Crippen molar-refractivity contribution in [2.75, 3.05) is 26.2 Å². The predicted molar refractivity (Wildman–Crippen MR) is 120 cm³/mol. The number of guanidine groups is 1. The van der Waals surface area contributed by atoms with Crippen LogP contribution in [0, 0.1) is 0 Å². The number of aromatic nitrogens is 1. The normalized spacial score (nSPS) is 11.1. The van der Waals surface area contributed by atoms with E-state index in [4.69, 9.17) is 4.74 Å². The van der Waals surface area contributed by atoms with Gasteiger partial charge in [0, 0.05) is 38.8 Å². The molecule has 7 nitrogen and oxygen atoms in total. The fourth-order valence-corrected chi connectivity index (χ4v) is 2.87. The highest BCUT2D eigenvalue weighted by Gasteiger charge is 2.09. The summed E-state index contributed by atoms with van der Waals surface area (Å²) in [5.41, 5.74) is 1.98. The molecular formula is C23H33N5O2. The van der Waals surface area contributed by atoms with E-state index in [1.165, 1.54) is 0 Å². The summed E-state index contributed by atoms with van der Waals surface area (Å²) in [6, 6.07) is 13.7. The molecule has 0 atom stereocenters. The molecule has 2 aromatic rings. The Morgan fingerprint density at radius 2 is 1.83 bits per heavy atom. The Morgan fingerprint density at radius 3 is 2.47 bits per heavy atom. The molecule has 1 aromatic heterocycles. The summed E-state index contributed by atoms with van der Waals surface area (Å²) in [7, 11) is 0. The van der Waals surface area contributed by atoms with E-state index >= 15 is 0 Å². The van der Waals surface area contributed by atoms with Gasteiger partial charge in [0.05, 0.1) is 12.2 Å². The number of hydrogen-bond acceptors (Lipinski definition) is 4. The van der Waals surface area contributed by atoms with Gasteiger partial charge in [-0.05, 0) is 50.6 Å². The number of rotatable bonds is 11. The van der Waals surface area contributed by atoms with Crippen LogP contribution in [0.25, 0.3) is 0 Å². The van der Waals surface area contributed by atoms with Crippen LogP contribution < -0.4 is 15.4 Å². The lowest BCUT2D eigenvalue weighted by Gasteiger charge is -2.19. The highest BCUT2D eigenvalue weighted by Crippen LogP contribution is 2.14. The molecule has 2 rings (SSSR count). The molecule has 1 amide bonds. The molecule has 0 saturated heterocycles. The van der Waals surface area contributed by atoms with Crippen LogP contribution in [0.4, 0.5) is 0 Å². The summed E-state index contributed by atoms with van der Waals surface area (Å²) in [4.78, 5) is 22.8. The van der Waals surface area contributed by atoms with Crippen molar-refractivity contribution in [2.45, 2.75) is 40.3 Å². The molecule has 0 saturated carbocycles. The average molecular weight is 412 g/mol. The largest absolute Gasteiger partial charge is 0.487 e. The Balaban J connectivity index is 1.82. The number of nitrogens with one attached hydrogen (secondary N) is 2. The summed E-state index contributed by atoms with van der Waals surface area (Å²) < 4.78 is 5.77. The standard InChI is InChI=1S/C23H33N5O2/c1-4-24-23(26-16-14-22(29)28(5-2)6-3)27-17-19-10-12-21(13-11-19)30-18-20-9-7-8-15-25-20/h7-13,15H,4-6,14,16-18H2,1-3H3,(H2,24,26,27). The first-order valence-corrected chi connectivity index (χ1v) is 10.6. The van der Waals surface area contributed by atoms with Crippen LogP contribution >= 0.6 is 0 Å². The lowest BCUT2D eigenvalue weighted by Crippen LogP contribution is -2.40. The van der Waals surface area contributed by atoms with Gasteiger partial charge in [-0.1, -0.05) is 18.2 Å². The summed E-state index contributed by atoms with van der Waals surface area (Å²) in [5, 5.41) is 6.45.